The van der Waals surface area contributed by atoms with Gasteiger partial charge >= 0.3 is 6.18 Å². The molecule has 2 aromatic rings. The summed E-state index contributed by atoms with van der Waals surface area (Å²) in [6.07, 6.45) is -1.91. The molecule has 0 saturated heterocycles. The molecule has 0 N–H and O–H groups in total. The largest absolute Gasteiger partial charge is 0.464 e. The molecule has 0 radical (unpaired) electrons. The van der Waals surface area contributed by atoms with Gasteiger partial charge in [0, 0.05) is 12.0 Å². The van der Waals surface area contributed by atoms with E-state index in [2.05, 4.69) is 6.92 Å². The molecule has 0 amide bonds. The van der Waals surface area contributed by atoms with Crippen molar-refractivity contribution in [3.63, 3.8) is 0 Å². The molecule has 2 saturated carbocycles. The molecule has 2 fully saturated rings. The van der Waals surface area contributed by atoms with Gasteiger partial charge in [-0.15, -0.1) is 0 Å². The Morgan fingerprint density at radius 2 is 1.89 bits per heavy atom. The number of nitrogens with zero attached hydrogens (tertiary/aromatic N) is 1. The Balaban J connectivity index is 1.51. The quantitative estimate of drug-likeness (QED) is 0.648. The summed E-state index contributed by atoms with van der Waals surface area (Å²) in [5.74, 6) is 2.00. The molecule has 2 aliphatic rings. The van der Waals surface area contributed by atoms with Crippen LogP contribution in [0.5, 0.6) is 0 Å². The molecule has 4 rings (SSSR count). The Morgan fingerprint density at radius 1 is 1.18 bits per heavy atom. The molecule has 0 spiro atoms. The molecule has 28 heavy (non-hydrogen) atoms. The highest BCUT2D eigenvalue weighted by atomic mass is 32.2. The van der Waals surface area contributed by atoms with Crippen LogP contribution in [0.15, 0.2) is 40.8 Å². The van der Waals surface area contributed by atoms with Gasteiger partial charge in [-0.05, 0) is 48.9 Å². The van der Waals surface area contributed by atoms with Gasteiger partial charge in [0.2, 0.25) is 10.0 Å². The van der Waals surface area contributed by atoms with Crippen LogP contribution in [0.25, 0.3) is 0 Å². The molecule has 0 aliphatic heterocycles. The molecule has 0 bridgehead atoms. The maximum absolute atomic E-state index is 13.0. The summed E-state index contributed by atoms with van der Waals surface area (Å²) in [5.41, 5.74) is -0.709. The highest BCUT2D eigenvalue weighted by molar-refractivity contribution is 7.88. The van der Waals surface area contributed by atoms with Crippen LogP contribution in [-0.4, -0.2) is 18.8 Å². The van der Waals surface area contributed by atoms with E-state index in [4.69, 9.17) is 4.42 Å². The van der Waals surface area contributed by atoms with Crippen LogP contribution < -0.4 is 0 Å². The molecule has 2 aliphatic carbocycles. The summed E-state index contributed by atoms with van der Waals surface area (Å²) in [6.45, 7) is 2.26. The number of rotatable bonds is 7. The normalized spacial score (nSPS) is 22.6. The van der Waals surface area contributed by atoms with Crippen LogP contribution in [0.3, 0.4) is 0 Å². The van der Waals surface area contributed by atoms with Crippen molar-refractivity contribution >= 4 is 10.0 Å². The number of hydrogen-bond acceptors (Lipinski definition) is 3. The number of furan rings is 1. The third kappa shape index (κ3) is 4.27. The van der Waals surface area contributed by atoms with Gasteiger partial charge < -0.3 is 4.42 Å². The van der Waals surface area contributed by atoms with Gasteiger partial charge in [0.1, 0.15) is 11.5 Å². The minimum atomic E-state index is -4.50. The molecular formula is C20H22F3NO3S. The lowest BCUT2D eigenvalue weighted by Gasteiger charge is -2.21. The van der Waals surface area contributed by atoms with Crippen LogP contribution in [0.1, 0.15) is 54.8 Å². The zero-order chi connectivity index (χ0) is 20.1. The Bertz CT molecular complexity index is 963. The first-order valence-corrected chi connectivity index (χ1v) is 11.0. The van der Waals surface area contributed by atoms with E-state index in [9.17, 15) is 21.6 Å². The maximum Gasteiger partial charge on any atom is 0.416 e. The van der Waals surface area contributed by atoms with Crippen molar-refractivity contribution in [1.29, 1.82) is 0 Å². The smallest absolute Gasteiger partial charge is 0.416 e. The molecule has 1 aromatic carbocycles. The van der Waals surface area contributed by atoms with Gasteiger partial charge in [-0.2, -0.15) is 17.5 Å². The van der Waals surface area contributed by atoms with Gasteiger partial charge in [-0.25, -0.2) is 8.42 Å². The topological polar surface area (TPSA) is 50.5 Å². The summed E-state index contributed by atoms with van der Waals surface area (Å²) >= 11 is 0. The summed E-state index contributed by atoms with van der Waals surface area (Å²) < 4.78 is 71.9. The van der Waals surface area contributed by atoms with E-state index in [0.717, 1.165) is 37.2 Å². The number of benzene rings is 1. The fourth-order valence-electron chi connectivity index (χ4n) is 3.50. The predicted octanol–water partition coefficient (Wildman–Crippen LogP) is 4.92. The number of hydrogen-bond donors (Lipinski definition) is 0. The van der Waals surface area contributed by atoms with Crippen LogP contribution in [0.2, 0.25) is 0 Å². The first-order chi connectivity index (χ1) is 13.1. The number of sulfonamides is 1. The molecule has 2 atom stereocenters. The minimum absolute atomic E-state index is 0.107. The summed E-state index contributed by atoms with van der Waals surface area (Å²) in [4.78, 5) is 0. The Morgan fingerprint density at radius 3 is 2.50 bits per heavy atom. The lowest BCUT2D eigenvalue weighted by molar-refractivity contribution is -0.137. The third-order valence-electron chi connectivity index (χ3n) is 5.38. The molecular weight excluding hydrogens is 391 g/mol. The van der Waals surface area contributed by atoms with Crippen molar-refractivity contribution in [2.75, 3.05) is 0 Å². The second kappa shape index (κ2) is 6.91. The van der Waals surface area contributed by atoms with E-state index in [0.29, 0.717) is 17.6 Å². The zero-order valence-corrected chi connectivity index (χ0v) is 16.3. The third-order valence-corrected chi connectivity index (χ3v) is 7.22. The minimum Gasteiger partial charge on any atom is -0.464 e. The first-order valence-electron chi connectivity index (χ1n) is 9.38. The Kier molecular flexibility index (Phi) is 4.82. The van der Waals surface area contributed by atoms with Crippen molar-refractivity contribution in [3.8, 4) is 0 Å². The van der Waals surface area contributed by atoms with E-state index in [1.165, 1.54) is 16.4 Å². The monoisotopic (exact) mass is 413 g/mol. The van der Waals surface area contributed by atoms with Crippen LogP contribution >= 0.6 is 0 Å². The number of alkyl halides is 3. The van der Waals surface area contributed by atoms with Crippen molar-refractivity contribution < 1.29 is 26.0 Å². The van der Waals surface area contributed by atoms with Gasteiger partial charge in [-0.1, -0.05) is 25.1 Å². The Hall–Kier alpha value is -1.80. The first kappa shape index (κ1) is 19.5. The second-order valence-corrected chi connectivity index (χ2v) is 9.78. The van der Waals surface area contributed by atoms with E-state index in [1.54, 1.807) is 6.07 Å². The fraction of sp³-hybridized carbons (Fsp3) is 0.500. The van der Waals surface area contributed by atoms with Gasteiger partial charge in [0.25, 0.3) is 0 Å². The lowest BCUT2D eigenvalue weighted by Crippen LogP contribution is -2.33. The van der Waals surface area contributed by atoms with Gasteiger partial charge in [0.05, 0.1) is 17.9 Å². The van der Waals surface area contributed by atoms with Crippen LogP contribution in [0, 0.1) is 5.92 Å². The average Bonchev–Trinajstić information content (AvgIpc) is 3.52. The van der Waals surface area contributed by atoms with E-state index in [-0.39, 0.29) is 18.2 Å². The summed E-state index contributed by atoms with van der Waals surface area (Å²) in [6, 6.07) is 8.09. The molecule has 4 nitrogen and oxygen atoms in total. The highest BCUT2D eigenvalue weighted by Crippen LogP contribution is 2.47. The summed E-state index contributed by atoms with van der Waals surface area (Å²) in [5, 5.41) is 0. The van der Waals surface area contributed by atoms with Gasteiger partial charge in [0.15, 0.2) is 0 Å². The fourth-order valence-corrected chi connectivity index (χ4v) is 5.25. The molecule has 1 aromatic heterocycles. The molecule has 1 heterocycles. The zero-order valence-electron chi connectivity index (χ0n) is 15.4. The Labute approximate surface area is 162 Å². The maximum atomic E-state index is 13.0. The van der Waals surface area contributed by atoms with Crippen molar-refractivity contribution in [3.05, 3.63) is 59.0 Å². The predicted molar refractivity (Wildman–Crippen MR) is 97.9 cm³/mol. The van der Waals surface area contributed by atoms with Crippen molar-refractivity contribution in [2.24, 2.45) is 5.92 Å². The molecule has 8 heteroatoms. The second-order valence-electron chi connectivity index (χ2n) is 7.85. The number of halogens is 3. The standard InChI is InChI=1S/C20H22F3NO3S/c1-13-9-18(13)19-8-7-17(27-19)11-24(16-5-6-16)28(25,26)12-14-3-2-4-15(10-14)20(21,22)23/h2-4,7-8,10,13,16,18H,5-6,9,11-12H2,1H3. The average molecular weight is 413 g/mol. The van der Waals surface area contributed by atoms with Crippen LogP contribution in [-0.2, 0) is 28.5 Å². The van der Waals surface area contributed by atoms with E-state index >= 15 is 0 Å². The SMILES string of the molecule is CC1CC1c1ccc(CN(C2CC2)S(=O)(=O)Cc2cccc(C(F)(F)F)c2)o1. The highest BCUT2D eigenvalue weighted by Gasteiger charge is 2.40. The van der Waals surface area contributed by atoms with Crippen molar-refractivity contribution in [1.82, 2.24) is 4.31 Å². The van der Waals surface area contributed by atoms with E-state index in [1.807, 2.05) is 6.07 Å². The van der Waals surface area contributed by atoms with E-state index < -0.39 is 27.5 Å². The van der Waals surface area contributed by atoms with Crippen LogP contribution in [0.4, 0.5) is 13.2 Å². The van der Waals surface area contributed by atoms with Crippen molar-refractivity contribution in [2.45, 2.75) is 56.6 Å². The summed E-state index contributed by atoms with van der Waals surface area (Å²) in [7, 11) is -3.77. The molecule has 2 unspecified atom stereocenters. The molecule has 152 valence electrons. The lowest BCUT2D eigenvalue weighted by atomic mass is 10.1. The van der Waals surface area contributed by atoms with Gasteiger partial charge in [-0.3, -0.25) is 0 Å².